The molecule has 218 valence electrons. The lowest BCUT2D eigenvalue weighted by atomic mass is 9.68. The first-order valence-electron chi connectivity index (χ1n) is 17.4. The van der Waals surface area contributed by atoms with E-state index in [1.807, 2.05) is 0 Å². The van der Waals surface area contributed by atoms with Gasteiger partial charge in [0, 0.05) is 28.3 Å². The normalized spacial score (nSPS) is 57.6. The predicted octanol–water partition coefficient (Wildman–Crippen LogP) is 7.82. The third-order valence-electron chi connectivity index (χ3n) is 13.4. The van der Waals surface area contributed by atoms with Crippen LogP contribution in [0, 0.1) is 11.8 Å². The number of hydrogen-bond donors (Lipinski definition) is 0. The van der Waals surface area contributed by atoms with Gasteiger partial charge in [0.05, 0.1) is 36.6 Å². The van der Waals surface area contributed by atoms with Crippen molar-refractivity contribution in [1.82, 2.24) is 0 Å². The molecular formula is C34H48O4P2. The lowest BCUT2D eigenvalue weighted by Gasteiger charge is -2.65. The van der Waals surface area contributed by atoms with Gasteiger partial charge in [-0.15, -0.1) is 0 Å². The maximum atomic E-state index is 7.31. The Morgan fingerprint density at radius 3 is 2.23 bits per heavy atom. The van der Waals surface area contributed by atoms with Crippen molar-refractivity contribution >= 4 is 15.8 Å². The molecule has 0 bridgehead atoms. The first-order valence-corrected chi connectivity index (χ1v) is 20.4. The lowest BCUT2D eigenvalue weighted by molar-refractivity contribution is -0.138. The number of ether oxygens (including phenoxy) is 4. The van der Waals surface area contributed by atoms with Crippen LogP contribution in [0.25, 0.3) is 0 Å². The summed E-state index contributed by atoms with van der Waals surface area (Å²) >= 11 is 0. The van der Waals surface area contributed by atoms with Gasteiger partial charge in [0.25, 0.3) is 0 Å². The molecule has 4 heterocycles. The fourth-order valence-corrected chi connectivity index (χ4v) is 21.1. The van der Waals surface area contributed by atoms with E-state index in [1.54, 1.807) is 5.31 Å². The van der Waals surface area contributed by atoms with E-state index < -0.39 is 0 Å². The molecule has 10 aliphatic rings. The van der Waals surface area contributed by atoms with E-state index in [-0.39, 0.29) is 15.8 Å². The molecule has 4 nitrogen and oxygen atoms in total. The van der Waals surface area contributed by atoms with E-state index in [1.165, 1.54) is 108 Å². The van der Waals surface area contributed by atoms with Crippen molar-refractivity contribution in [2.75, 3.05) is 0 Å². The van der Waals surface area contributed by atoms with Gasteiger partial charge in [0.2, 0.25) is 0 Å². The number of rotatable bonds is 0. The Hall–Kier alpha value is 0.0200. The van der Waals surface area contributed by atoms with Crippen LogP contribution in [0.3, 0.4) is 0 Å². The van der Waals surface area contributed by atoms with Crippen LogP contribution in [0.2, 0.25) is 0 Å². The van der Waals surface area contributed by atoms with E-state index in [0.29, 0.717) is 48.4 Å². The van der Waals surface area contributed by atoms with Crippen LogP contribution in [0.1, 0.15) is 103 Å². The second-order valence-electron chi connectivity index (χ2n) is 15.1. The number of allylic oxidation sites excluding steroid dienone is 3. The van der Waals surface area contributed by atoms with Crippen LogP contribution in [-0.2, 0) is 18.9 Å². The van der Waals surface area contributed by atoms with Crippen LogP contribution in [0.5, 0.6) is 0 Å². The molecule has 0 N–H and O–H groups in total. The molecule has 0 spiro atoms. The molecule has 16 atom stereocenters. The Balaban J connectivity index is 1.01. The van der Waals surface area contributed by atoms with Crippen molar-refractivity contribution in [3.63, 3.8) is 0 Å². The summed E-state index contributed by atoms with van der Waals surface area (Å²) in [6.45, 7) is 0. The van der Waals surface area contributed by atoms with Gasteiger partial charge in [-0.2, -0.15) is 0 Å². The molecule has 0 aromatic carbocycles. The van der Waals surface area contributed by atoms with Crippen LogP contribution in [0.15, 0.2) is 23.2 Å². The van der Waals surface area contributed by atoms with Gasteiger partial charge < -0.3 is 18.9 Å². The van der Waals surface area contributed by atoms with Crippen molar-refractivity contribution in [1.29, 1.82) is 0 Å². The minimum Gasteiger partial charge on any atom is -0.489 e. The molecule has 16 unspecified atom stereocenters. The average Bonchev–Trinajstić information content (AvgIpc) is 3.00. The largest absolute Gasteiger partial charge is 0.489 e. The highest BCUT2D eigenvalue weighted by Crippen LogP contribution is 2.74. The van der Waals surface area contributed by atoms with E-state index >= 15 is 0 Å². The van der Waals surface area contributed by atoms with Crippen molar-refractivity contribution in [3.05, 3.63) is 23.2 Å². The van der Waals surface area contributed by atoms with Gasteiger partial charge in [-0.25, -0.2) is 0 Å². The zero-order valence-electron chi connectivity index (χ0n) is 24.1. The Kier molecular flexibility index (Phi) is 6.19. The van der Waals surface area contributed by atoms with Gasteiger partial charge in [-0.05, 0) is 113 Å². The maximum Gasteiger partial charge on any atom is 0.123 e. The molecule has 4 aliphatic heterocycles. The molecule has 0 amide bonds. The standard InChI is InChI=1S/C34H48O4P2/c1-3-13-29-21(7-1)35-23-9-5-10-24-33(23)39(29)31-17-19-15-16-27-32(20(19)18-28(31)38-24)40-30-14-4-2-8-22(30)36-25-11-6-12-26(37-27)34(25)40/h2,8,19-21,23-29,31-34H,1,3-7,9-18H2. The Labute approximate surface area is 243 Å². The second-order valence-corrected chi connectivity index (χ2v) is 20.5. The lowest BCUT2D eigenvalue weighted by Crippen LogP contribution is -2.63. The van der Waals surface area contributed by atoms with Crippen LogP contribution in [0.4, 0.5) is 0 Å². The minimum atomic E-state index is -0.193. The quantitative estimate of drug-likeness (QED) is 0.273. The Morgan fingerprint density at radius 2 is 1.32 bits per heavy atom. The molecule has 0 radical (unpaired) electrons. The van der Waals surface area contributed by atoms with E-state index in [2.05, 4.69) is 12.2 Å². The molecule has 40 heavy (non-hydrogen) atoms. The Bertz CT molecular complexity index is 1090. The molecule has 6 aliphatic carbocycles. The van der Waals surface area contributed by atoms with Crippen LogP contribution in [-0.4, -0.2) is 71.0 Å². The summed E-state index contributed by atoms with van der Waals surface area (Å²) in [7, 11) is -0.189. The zero-order valence-corrected chi connectivity index (χ0v) is 25.9. The highest BCUT2D eigenvalue weighted by Gasteiger charge is 2.63. The minimum absolute atomic E-state index is 0.00374. The van der Waals surface area contributed by atoms with Gasteiger partial charge in [0.15, 0.2) is 0 Å². The van der Waals surface area contributed by atoms with Crippen molar-refractivity contribution in [2.45, 2.75) is 174 Å². The van der Waals surface area contributed by atoms with Crippen molar-refractivity contribution < 1.29 is 18.9 Å². The van der Waals surface area contributed by atoms with Gasteiger partial charge >= 0.3 is 0 Å². The second kappa shape index (κ2) is 9.76. The summed E-state index contributed by atoms with van der Waals surface area (Å²) in [5.74, 6) is 3.00. The third-order valence-corrected chi connectivity index (χ3v) is 21.1. The summed E-state index contributed by atoms with van der Waals surface area (Å²) < 4.78 is 28.2. The SMILES string of the molecule is C1=CC2=C(CC1)P1C3C(CCCC3OC3CCC4CC5C(CC4C31)OC1CCCC3OC4CCCCC4P5C31)O2. The monoisotopic (exact) mass is 582 g/mol. The molecule has 10 rings (SSSR count). The molecule has 6 heteroatoms. The molecular weight excluding hydrogens is 534 g/mol. The summed E-state index contributed by atoms with van der Waals surface area (Å²) in [6, 6.07) is 0. The van der Waals surface area contributed by atoms with Gasteiger partial charge in [-0.3, -0.25) is 0 Å². The van der Waals surface area contributed by atoms with Gasteiger partial charge in [-0.1, -0.05) is 34.8 Å². The van der Waals surface area contributed by atoms with E-state index in [0.717, 1.165) is 34.5 Å². The van der Waals surface area contributed by atoms with E-state index in [9.17, 15) is 0 Å². The average molecular weight is 583 g/mol. The molecule has 8 fully saturated rings. The number of fused-ring (bicyclic) bond motifs is 9. The molecule has 5 saturated carbocycles. The van der Waals surface area contributed by atoms with E-state index in [4.69, 9.17) is 18.9 Å². The summed E-state index contributed by atoms with van der Waals surface area (Å²) in [5, 5.41) is 1.75. The topological polar surface area (TPSA) is 36.9 Å². The molecule has 0 aromatic heterocycles. The zero-order chi connectivity index (χ0) is 25.9. The van der Waals surface area contributed by atoms with Crippen LogP contribution < -0.4 is 0 Å². The van der Waals surface area contributed by atoms with Crippen molar-refractivity contribution in [2.24, 2.45) is 11.8 Å². The maximum absolute atomic E-state index is 7.31. The first-order chi connectivity index (χ1) is 19.8. The van der Waals surface area contributed by atoms with Gasteiger partial charge in [0.1, 0.15) is 11.9 Å². The predicted molar refractivity (Wildman–Crippen MR) is 161 cm³/mol. The summed E-state index contributed by atoms with van der Waals surface area (Å²) in [6.07, 6.45) is 29.5. The first kappa shape index (κ1) is 25.4. The summed E-state index contributed by atoms with van der Waals surface area (Å²) in [4.78, 5) is 0. The fraction of sp³-hybridized carbons (Fsp3) is 0.882. The summed E-state index contributed by atoms with van der Waals surface area (Å²) in [5.41, 5.74) is 3.88. The van der Waals surface area contributed by atoms with Crippen LogP contribution >= 0.6 is 15.8 Å². The fourth-order valence-electron chi connectivity index (χ4n) is 12.0. The highest BCUT2D eigenvalue weighted by atomic mass is 31.1. The highest BCUT2D eigenvalue weighted by molar-refractivity contribution is 7.64. The smallest absolute Gasteiger partial charge is 0.123 e. The third kappa shape index (κ3) is 3.68. The van der Waals surface area contributed by atoms with Crippen molar-refractivity contribution in [3.8, 4) is 0 Å². The number of hydrogen-bond acceptors (Lipinski definition) is 4. The Morgan fingerprint density at radius 1 is 0.600 bits per heavy atom. The molecule has 0 aromatic rings. The molecule has 3 saturated heterocycles.